The van der Waals surface area contributed by atoms with Crippen molar-refractivity contribution in [1.29, 1.82) is 0 Å². The lowest BCUT2D eigenvalue weighted by atomic mass is 10.0. The summed E-state index contributed by atoms with van der Waals surface area (Å²) >= 11 is 0. The number of hydrogen-bond donors (Lipinski definition) is 1. The number of fused-ring (bicyclic) bond motifs is 2. The highest BCUT2D eigenvalue weighted by Crippen LogP contribution is 2.55. The summed E-state index contributed by atoms with van der Waals surface area (Å²) in [6.45, 7) is 0. The zero-order chi connectivity index (χ0) is 14.9. The van der Waals surface area contributed by atoms with E-state index in [1.807, 2.05) is 18.2 Å². The summed E-state index contributed by atoms with van der Waals surface area (Å²) in [6.07, 6.45) is 6.74. The number of benzene rings is 2. The van der Waals surface area contributed by atoms with Gasteiger partial charge in [-0.15, -0.1) is 0 Å². The van der Waals surface area contributed by atoms with E-state index >= 15 is 0 Å². The minimum Gasteiger partial charge on any atom is -0.273 e. The highest BCUT2D eigenvalue weighted by Gasteiger charge is 2.54. The Labute approximate surface area is 130 Å². The van der Waals surface area contributed by atoms with Gasteiger partial charge in [0.15, 0.2) is 0 Å². The molecule has 2 atom stereocenters. The zero-order valence-corrected chi connectivity index (χ0v) is 12.5. The summed E-state index contributed by atoms with van der Waals surface area (Å²) in [6, 6.07) is 14.4. The maximum Gasteiger partial charge on any atom is 0.243 e. The molecule has 0 radical (unpaired) electrons. The Morgan fingerprint density at radius 1 is 1.05 bits per heavy atom. The van der Waals surface area contributed by atoms with E-state index in [2.05, 4.69) is 34.8 Å². The van der Waals surface area contributed by atoms with E-state index in [-0.39, 0.29) is 11.8 Å². The van der Waals surface area contributed by atoms with Crippen LogP contribution >= 0.6 is 0 Å². The third kappa shape index (κ3) is 2.52. The van der Waals surface area contributed by atoms with Gasteiger partial charge in [0.25, 0.3) is 0 Å². The maximum atomic E-state index is 12.1. The van der Waals surface area contributed by atoms with Crippen LogP contribution in [0, 0.1) is 17.8 Å². The number of carbonyl (C=O) groups is 1. The van der Waals surface area contributed by atoms with E-state index < -0.39 is 0 Å². The molecule has 1 N–H and O–H groups in total. The topological polar surface area (TPSA) is 41.5 Å². The van der Waals surface area contributed by atoms with Gasteiger partial charge in [-0.1, -0.05) is 49.2 Å². The first-order valence-corrected chi connectivity index (χ1v) is 8.15. The normalized spacial score (nSPS) is 26.8. The van der Waals surface area contributed by atoms with Crippen molar-refractivity contribution >= 4 is 22.9 Å². The van der Waals surface area contributed by atoms with Crippen molar-refractivity contribution in [1.82, 2.24) is 5.43 Å². The lowest BCUT2D eigenvalue weighted by Gasteiger charge is -2.04. The first-order valence-electron chi connectivity index (χ1n) is 8.15. The van der Waals surface area contributed by atoms with E-state index in [0.29, 0.717) is 11.8 Å². The van der Waals surface area contributed by atoms with Crippen molar-refractivity contribution in [3.63, 3.8) is 0 Å². The molecule has 112 valence electrons. The van der Waals surface area contributed by atoms with E-state index in [1.165, 1.54) is 36.5 Å². The number of amides is 1. The predicted molar refractivity (Wildman–Crippen MR) is 88.6 cm³/mol. The summed E-state index contributed by atoms with van der Waals surface area (Å²) in [4.78, 5) is 12.1. The molecule has 3 heteroatoms. The molecule has 2 unspecified atom stereocenters. The number of carbonyl (C=O) groups excluding carboxylic acids is 1. The lowest BCUT2D eigenvalue weighted by Crippen LogP contribution is -2.20. The standard InChI is InChI=1S/C19H20N2O/c22-19(18-16-7-3-4-8-17(16)18)21-20-12-13-9-10-14-5-1-2-6-15(14)11-13/h1-2,5-6,9-12,16-18H,3-4,7-8H2,(H,21,22). The molecule has 2 aromatic rings. The van der Waals surface area contributed by atoms with Gasteiger partial charge in [0.1, 0.15) is 0 Å². The average Bonchev–Trinajstić information content (AvgIpc) is 3.29. The third-order valence-corrected chi connectivity index (χ3v) is 5.12. The fourth-order valence-electron chi connectivity index (χ4n) is 3.91. The summed E-state index contributed by atoms with van der Waals surface area (Å²) < 4.78 is 0. The molecule has 1 amide bonds. The summed E-state index contributed by atoms with van der Waals surface area (Å²) in [5, 5.41) is 6.54. The molecule has 2 saturated carbocycles. The quantitative estimate of drug-likeness (QED) is 0.680. The van der Waals surface area contributed by atoms with Gasteiger partial charge >= 0.3 is 0 Å². The van der Waals surface area contributed by atoms with Crippen LogP contribution in [0.5, 0.6) is 0 Å². The van der Waals surface area contributed by atoms with Crippen LogP contribution in [0.15, 0.2) is 47.6 Å². The Morgan fingerprint density at radius 3 is 2.55 bits per heavy atom. The molecule has 0 bridgehead atoms. The number of hydrogen-bond acceptors (Lipinski definition) is 2. The number of rotatable bonds is 3. The van der Waals surface area contributed by atoms with Crippen molar-refractivity contribution < 1.29 is 4.79 Å². The Balaban J connectivity index is 1.40. The second kappa shape index (κ2) is 5.56. The van der Waals surface area contributed by atoms with E-state index in [9.17, 15) is 4.79 Å². The zero-order valence-electron chi connectivity index (χ0n) is 12.5. The molecule has 0 spiro atoms. The number of nitrogens with zero attached hydrogens (tertiary/aromatic N) is 1. The van der Waals surface area contributed by atoms with Gasteiger partial charge in [-0.3, -0.25) is 4.79 Å². The second-order valence-corrected chi connectivity index (χ2v) is 6.48. The summed E-state index contributed by atoms with van der Waals surface area (Å²) in [7, 11) is 0. The van der Waals surface area contributed by atoms with E-state index in [4.69, 9.17) is 0 Å². The molecule has 0 aromatic heterocycles. The number of hydrazone groups is 1. The fraction of sp³-hybridized carbons (Fsp3) is 0.368. The first-order chi connectivity index (χ1) is 10.8. The molecular weight excluding hydrogens is 272 g/mol. The van der Waals surface area contributed by atoms with Crippen LogP contribution in [0.3, 0.4) is 0 Å². The summed E-state index contributed by atoms with van der Waals surface area (Å²) in [5.74, 6) is 1.58. The van der Waals surface area contributed by atoms with Crippen LogP contribution in [0.2, 0.25) is 0 Å². The van der Waals surface area contributed by atoms with Crippen molar-refractivity contribution in [2.24, 2.45) is 22.9 Å². The van der Waals surface area contributed by atoms with E-state index in [0.717, 1.165) is 5.56 Å². The van der Waals surface area contributed by atoms with Crippen molar-refractivity contribution in [2.75, 3.05) is 0 Å². The smallest absolute Gasteiger partial charge is 0.243 e. The maximum absolute atomic E-state index is 12.1. The van der Waals surface area contributed by atoms with Crippen molar-refractivity contribution in [2.45, 2.75) is 25.7 Å². The minimum absolute atomic E-state index is 0.105. The Kier molecular flexibility index (Phi) is 3.41. The third-order valence-electron chi connectivity index (χ3n) is 5.12. The molecule has 2 aromatic carbocycles. The SMILES string of the molecule is O=C(NN=Cc1ccc2ccccc2c1)C1C2CCCCC21. The molecule has 0 saturated heterocycles. The largest absolute Gasteiger partial charge is 0.273 e. The molecule has 22 heavy (non-hydrogen) atoms. The molecule has 4 rings (SSSR count). The first kappa shape index (κ1) is 13.5. The van der Waals surface area contributed by atoms with Crippen LogP contribution in [0.1, 0.15) is 31.2 Å². The molecular formula is C19H20N2O. The van der Waals surface area contributed by atoms with Crippen LogP contribution in [-0.4, -0.2) is 12.1 Å². The lowest BCUT2D eigenvalue weighted by molar-refractivity contribution is -0.122. The molecule has 2 fully saturated rings. The van der Waals surface area contributed by atoms with Crippen molar-refractivity contribution in [3.05, 3.63) is 48.0 Å². The highest BCUT2D eigenvalue weighted by molar-refractivity contribution is 5.91. The highest BCUT2D eigenvalue weighted by atomic mass is 16.2. The van der Waals surface area contributed by atoms with Gasteiger partial charge < -0.3 is 0 Å². The molecule has 0 heterocycles. The van der Waals surface area contributed by atoms with Gasteiger partial charge in [-0.25, -0.2) is 5.43 Å². The Bertz CT molecular complexity index is 725. The molecule has 2 aliphatic carbocycles. The van der Waals surface area contributed by atoms with Gasteiger partial charge in [0, 0.05) is 5.92 Å². The Hall–Kier alpha value is -2.16. The number of nitrogens with one attached hydrogen (secondary N) is 1. The van der Waals surface area contributed by atoms with Gasteiger partial charge in [0.05, 0.1) is 6.21 Å². The van der Waals surface area contributed by atoms with Crippen LogP contribution in [0.4, 0.5) is 0 Å². The minimum atomic E-state index is 0.105. The van der Waals surface area contributed by atoms with Gasteiger partial charge in [-0.05, 0) is 47.1 Å². The molecule has 2 aliphatic rings. The fourth-order valence-corrected chi connectivity index (χ4v) is 3.91. The van der Waals surface area contributed by atoms with Crippen molar-refractivity contribution in [3.8, 4) is 0 Å². The van der Waals surface area contributed by atoms with Crippen LogP contribution in [-0.2, 0) is 4.79 Å². The molecule has 3 nitrogen and oxygen atoms in total. The second-order valence-electron chi connectivity index (χ2n) is 6.48. The van der Waals surface area contributed by atoms with Gasteiger partial charge in [0.2, 0.25) is 5.91 Å². The van der Waals surface area contributed by atoms with Crippen LogP contribution in [0.25, 0.3) is 10.8 Å². The predicted octanol–water partition coefficient (Wildman–Crippen LogP) is 3.73. The monoisotopic (exact) mass is 292 g/mol. The average molecular weight is 292 g/mol. The van der Waals surface area contributed by atoms with Crippen LogP contribution < -0.4 is 5.43 Å². The molecule has 0 aliphatic heterocycles. The Morgan fingerprint density at radius 2 is 1.77 bits per heavy atom. The summed E-state index contributed by atoms with van der Waals surface area (Å²) in [5.41, 5.74) is 3.73. The van der Waals surface area contributed by atoms with Gasteiger partial charge in [-0.2, -0.15) is 5.10 Å². The van der Waals surface area contributed by atoms with E-state index in [1.54, 1.807) is 6.21 Å².